The molecule has 1 heterocycles. The van der Waals surface area contributed by atoms with Gasteiger partial charge in [0.05, 0.1) is 27.0 Å². The second-order valence-electron chi connectivity index (χ2n) is 9.31. The lowest BCUT2D eigenvalue weighted by Crippen LogP contribution is -2.54. The quantitative estimate of drug-likeness (QED) is 0.442. The van der Waals surface area contributed by atoms with Crippen molar-refractivity contribution >= 4 is 17.5 Å². The van der Waals surface area contributed by atoms with Crippen molar-refractivity contribution in [3.8, 4) is 28.6 Å². The Morgan fingerprint density at radius 3 is 2.30 bits per heavy atom. The van der Waals surface area contributed by atoms with E-state index < -0.39 is 17.5 Å². The first-order valence-electron chi connectivity index (χ1n) is 11.9. The Hall–Kier alpha value is -4.15. The van der Waals surface area contributed by atoms with Crippen LogP contribution in [-0.4, -0.2) is 64.9 Å². The van der Waals surface area contributed by atoms with Crippen molar-refractivity contribution in [1.82, 2.24) is 25.5 Å². The molecule has 3 rings (SSSR count). The molecule has 0 aliphatic carbocycles. The third kappa shape index (κ3) is 6.54. The van der Waals surface area contributed by atoms with Crippen LogP contribution in [0.2, 0.25) is 0 Å². The highest BCUT2D eigenvalue weighted by atomic mass is 16.5. The zero-order valence-corrected chi connectivity index (χ0v) is 22.3. The maximum Gasteiger partial charge on any atom is 0.251 e. The van der Waals surface area contributed by atoms with E-state index in [-0.39, 0.29) is 12.5 Å². The third-order valence-corrected chi connectivity index (χ3v) is 5.48. The van der Waals surface area contributed by atoms with E-state index in [2.05, 4.69) is 20.7 Å². The van der Waals surface area contributed by atoms with E-state index in [1.807, 2.05) is 27.7 Å². The maximum atomic E-state index is 13.7. The van der Waals surface area contributed by atoms with Crippen LogP contribution in [0.3, 0.4) is 0 Å². The fourth-order valence-corrected chi connectivity index (χ4v) is 3.84. The number of carbonyl (C=O) groups is 2. The van der Waals surface area contributed by atoms with Crippen LogP contribution in [0.1, 0.15) is 34.1 Å². The number of ether oxygens (including phenoxy) is 3. The van der Waals surface area contributed by atoms with Gasteiger partial charge in [-0.25, -0.2) is 0 Å². The highest BCUT2D eigenvalue weighted by Crippen LogP contribution is 2.32. The number of tetrazole rings is 1. The number of benzene rings is 2. The summed E-state index contributed by atoms with van der Waals surface area (Å²) in [4.78, 5) is 29.6. The van der Waals surface area contributed by atoms with E-state index in [9.17, 15) is 9.59 Å². The highest BCUT2D eigenvalue weighted by Gasteiger charge is 2.33. The first-order chi connectivity index (χ1) is 17.6. The first-order valence-corrected chi connectivity index (χ1v) is 11.9. The molecular weight excluding hydrogens is 476 g/mol. The second kappa shape index (κ2) is 11.7. The molecule has 0 saturated heterocycles. The van der Waals surface area contributed by atoms with Gasteiger partial charge in [-0.3, -0.25) is 14.5 Å². The van der Waals surface area contributed by atoms with Gasteiger partial charge in [0, 0.05) is 11.1 Å². The van der Waals surface area contributed by atoms with Crippen LogP contribution in [0.4, 0.5) is 5.69 Å². The minimum absolute atomic E-state index is 0.238. The van der Waals surface area contributed by atoms with Crippen molar-refractivity contribution in [2.24, 2.45) is 0 Å². The monoisotopic (exact) mass is 510 g/mol. The Kier molecular flexibility index (Phi) is 8.69. The summed E-state index contributed by atoms with van der Waals surface area (Å²) in [7, 11) is 4.61. The Morgan fingerprint density at radius 2 is 1.68 bits per heavy atom. The van der Waals surface area contributed by atoms with Gasteiger partial charge < -0.3 is 19.5 Å². The van der Waals surface area contributed by atoms with Crippen LogP contribution in [0.5, 0.6) is 17.2 Å². The highest BCUT2D eigenvalue weighted by molar-refractivity contribution is 6.01. The number of hydrogen-bond acceptors (Lipinski definition) is 8. The predicted octanol–water partition coefficient (Wildman–Crippen LogP) is 3.09. The summed E-state index contributed by atoms with van der Waals surface area (Å²) in [6.07, 6.45) is 0.382. The minimum Gasteiger partial charge on any atom is -0.495 e. The molecule has 3 aromatic rings. The molecule has 0 bridgehead atoms. The summed E-state index contributed by atoms with van der Waals surface area (Å²) in [5.74, 6) is 1.21. The molecule has 0 aliphatic rings. The van der Waals surface area contributed by atoms with Gasteiger partial charge in [-0.05, 0) is 62.7 Å². The lowest BCUT2D eigenvalue weighted by atomic mass is 10.1. The molecule has 1 N–H and O–H groups in total. The molecule has 1 aromatic heterocycles. The van der Waals surface area contributed by atoms with E-state index >= 15 is 0 Å². The number of amides is 2. The van der Waals surface area contributed by atoms with Crippen LogP contribution >= 0.6 is 0 Å². The molecular formula is C26H34N6O5. The van der Waals surface area contributed by atoms with Gasteiger partial charge in [0.25, 0.3) is 5.91 Å². The molecule has 1 atom stereocenters. The van der Waals surface area contributed by atoms with Gasteiger partial charge >= 0.3 is 0 Å². The summed E-state index contributed by atoms with van der Waals surface area (Å²) in [5, 5.41) is 15.5. The topological polar surface area (TPSA) is 121 Å². The van der Waals surface area contributed by atoms with Crippen molar-refractivity contribution in [3.05, 3.63) is 42.5 Å². The van der Waals surface area contributed by atoms with E-state index in [1.54, 1.807) is 49.6 Å². The normalized spacial score (nSPS) is 12.0. The molecule has 11 heteroatoms. The molecule has 2 aromatic carbocycles. The molecule has 0 fully saturated rings. The Labute approximate surface area is 216 Å². The van der Waals surface area contributed by atoms with E-state index in [4.69, 9.17) is 14.2 Å². The van der Waals surface area contributed by atoms with Gasteiger partial charge in [0.2, 0.25) is 11.7 Å². The van der Waals surface area contributed by atoms with Gasteiger partial charge in [-0.2, -0.15) is 4.80 Å². The second-order valence-corrected chi connectivity index (χ2v) is 9.31. The van der Waals surface area contributed by atoms with Crippen molar-refractivity contribution in [2.45, 2.75) is 52.2 Å². The number of carbonyl (C=O) groups excluding carboxylic acids is 2. The molecule has 198 valence electrons. The number of methoxy groups -OCH3 is 3. The van der Waals surface area contributed by atoms with Crippen molar-refractivity contribution in [1.29, 1.82) is 0 Å². The molecule has 0 aliphatic heterocycles. The van der Waals surface area contributed by atoms with Crippen molar-refractivity contribution in [2.75, 3.05) is 26.2 Å². The summed E-state index contributed by atoms with van der Waals surface area (Å²) >= 11 is 0. The van der Waals surface area contributed by atoms with Crippen LogP contribution < -0.4 is 24.4 Å². The van der Waals surface area contributed by atoms with Crippen LogP contribution in [0, 0.1) is 0 Å². The number of para-hydroxylation sites is 2. The smallest absolute Gasteiger partial charge is 0.251 e. The predicted molar refractivity (Wildman–Crippen MR) is 139 cm³/mol. The number of nitrogens with one attached hydrogen (secondary N) is 1. The van der Waals surface area contributed by atoms with Crippen molar-refractivity contribution < 1.29 is 23.8 Å². The van der Waals surface area contributed by atoms with E-state index in [1.165, 1.54) is 23.9 Å². The molecule has 0 unspecified atom stereocenters. The fraction of sp³-hybridized carbons (Fsp3) is 0.423. The molecule has 0 saturated carbocycles. The number of anilines is 1. The first kappa shape index (κ1) is 27.4. The lowest BCUT2D eigenvalue weighted by molar-refractivity contribution is -0.128. The summed E-state index contributed by atoms with van der Waals surface area (Å²) in [6.45, 7) is 7.29. The van der Waals surface area contributed by atoms with Crippen LogP contribution in [0.25, 0.3) is 11.4 Å². The molecule has 2 amide bonds. The third-order valence-electron chi connectivity index (χ3n) is 5.48. The Bertz CT molecular complexity index is 1240. The molecule has 11 nitrogen and oxygen atoms in total. The summed E-state index contributed by atoms with van der Waals surface area (Å²) < 4.78 is 16.1. The zero-order chi connectivity index (χ0) is 27.2. The van der Waals surface area contributed by atoms with Crippen LogP contribution in [0.15, 0.2) is 42.5 Å². The van der Waals surface area contributed by atoms with Gasteiger partial charge in [0.1, 0.15) is 18.3 Å². The minimum atomic E-state index is -0.781. The van der Waals surface area contributed by atoms with Gasteiger partial charge in [0.15, 0.2) is 11.5 Å². The van der Waals surface area contributed by atoms with Crippen molar-refractivity contribution in [3.63, 3.8) is 0 Å². The molecule has 37 heavy (non-hydrogen) atoms. The number of nitrogens with zero attached hydrogens (tertiary/aromatic N) is 5. The summed E-state index contributed by atoms with van der Waals surface area (Å²) in [6, 6.07) is 11.5. The average Bonchev–Trinajstić information content (AvgIpc) is 3.33. The number of rotatable bonds is 10. The Balaban J connectivity index is 1.94. The number of hydrogen-bond donors (Lipinski definition) is 1. The van der Waals surface area contributed by atoms with E-state index in [0.29, 0.717) is 40.7 Å². The average molecular weight is 511 g/mol. The zero-order valence-electron chi connectivity index (χ0n) is 22.3. The van der Waals surface area contributed by atoms with Crippen LogP contribution in [-0.2, 0) is 16.1 Å². The van der Waals surface area contributed by atoms with E-state index in [0.717, 1.165) is 0 Å². The Morgan fingerprint density at radius 1 is 1.00 bits per heavy atom. The summed E-state index contributed by atoms with van der Waals surface area (Å²) in [5.41, 5.74) is 0.655. The molecule has 0 spiro atoms. The molecule has 0 radical (unpaired) electrons. The largest absolute Gasteiger partial charge is 0.495 e. The SMILES string of the molecule is CC[C@@H](C(=O)NC(C)(C)C)N(C(=O)Cn1nnc(-c2ccc(OC)c(OC)c2)n1)c1ccccc1OC. The lowest BCUT2D eigenvalue weighted by Gasteiger charge is -2.33. The van der Waals surface area contributed by atoms with Gasteiger partial charge in [-0.1, -0.05) is 19.1 Å². The number of aromatic nitrogens is 4. The standard InChI is InChI=1S/C26H34N6O5/c1-8-18(25(34)27-26(2,3)4)32(19-11-9-10-12-20(19)35-5)23(33)16-31-29-24(28-30-31)17-13-14-21(36-6)22(15-17)37-7/h9-15,18H,8,16H2,1-7H3,(H,27,34)/t18-/m0/s1. The van der Waals surface area contributed by atoms with Gasteiger partial charge in [-0.15, -0.1) is 10.2 Å². The maximum absolute atomic E-state index is 13.7. The fourth-order valence-electron chi connectivity index (χ4n) is 3.84.